The van der Waals surface area contributed by atoms with Gasteiger partial charge in [-0.05, 0) is 12.0 Å². The molecule has 2 aliphatic heterocycles. The topological polar surface area (TPSA) is 373 Å². The van der Waals surface area contributed by atoms with E-state index < -0.39 is 123 Å². The molecule has 0 spiro atoms. The van der Waals surface area contributed by atoms with Crippen LogP contribution >= 0.6 is 0 Å². The molecule has 340 valence electrons. The van der Waals surface area contributed by atoms with Crippen LogP contribution in [0.25, 0.3) is 11.2 Å². The SMILES string of the molecule is CC(=O)N[C@H]1[C@@H](OCc2ccccc2)O[C@H](CO)[C@@H](O)[C@@H]1OCC(=O)N[C@H](CO)C(=O)N[C@H](CCC(=O)NCCNc1ncnc2c1ncn2[C@@H]1O[C@H](CO)[C@@H](O)[C@H]1O)C(N)=O. The minimum absolute atomic E-state index is 0.0288. The summed E-state index contributed by atoms with van der Waals surface area (Å²) in [6.07, 6.45) is -8.03. The molecule has 2 aliphatic rings. The Bertz CT molecular complexity index is 1980. The number of imidazole rings is 1. The fraction of sp³-hybridized carbons (Fsp3) is 0.568. The van der Waals surface area contributed by atoms with Crippen molar-refractivity contribution < 1.29 is 73.6 Å². The molecule has 25 heteroatoms. The van der Waals surface area contributed by atoms with Gasteiger partial charge in [-0.1, -0.05) is 30.3 Å². The zero-order valence-electron chi connectivity index (χ0n) is 33.5. The Morgan fingerprint density at radius 1 is 0.871 bits per heavy atom. The largest absolute Gasteiger partial charge is 0.394 e. The second-order valence-electron chi connectivity index (χ2n) is 14.4. The van der Waals surface area contributed by atoms with Gasteiger partial charge in [0.15, 0.2) is 29.5 Å². The van der Waals surface area contributed by atoms with Gasteiger partial charge in [0.1, 0.15) is 67.7 Å². The fourth-order valence-electron chi connectivity index (χ4n) is 6.73. The van der Waals surface area contributed by atoms with Crippen molar-refractivity contribution in [2.75, 3.05) is 44.8 Å². The van der Waals surface area contributed by atoms with Gasteiger partial charge in [-0.25, -0.2) is 15.0 Å². The van der Waals surface area contributed by atoms with Crippen LogP contribution < -0.4 is 32.3 Å². The van der Waals surface area contributed by atoms with E-state index in [1.54, 1.807) is 24.3 Å². The molecule has 1 aromatic carbocycles. The average molecular weight is 877 g/mol. The van der Waals surface area contributed by atoms with Crippen LogP contribution in [0.4, 0.5) is 5.82 Å². The third-order valence-corrected chi connectivity index (χ3v) is 9.93. The Labute approximate surface area is 353 Å². The fourth-order valence-corrected chi connectivity index (χ4v) is 6.73. The molecule has 0 aliphatic carbocycles. The number of anilines is 1. The first kappa shape index (κ1) is 47.6. The maximum absolute atomic E-state index is 13.0. The zero-order chi connectivity index (χ0) is 44.9. The molecular weight excluding hydrogens is 824 g/mol. The Morgan fingerprint density at radius 2 is 1.60 bits per heavy atom. The third kappa shape index (κ3) is 12.1. The molecule has 0 unspecified atom stereocenters. The van der Waals surface area contributed by atoms with E-state index in [9.17, 15) is 54.6 Å². The van der Waals surface area contributed by atoms with E-state index in [2.05, 4.69) is 41.5 Å². The van der Waals surface area contributed by atoms with Crippen molar-refractivity contribution in [3.63, 3.8) is 0 Å². The summed E-state index contributed by atoms with van der Waals surface area (Å²) in [5, 5.41) is 73.5. The van der Waals surface area contributed by atoms with Gasteiger partial charge in [0.25, 0.3) is 0 Å². The van der Waals surface area contributed by atoms with Gasteiger partial charge in [-0.2, -0.15) is 0 Å². The number of ether oxygens (including phenoxy) is 4. The lowest BCUT2D eigenvalue weighted by Crippen LogP contribution is -2.65. The van der Waals surface area contributed by atoms with E-state index in [-0.39, 0.29) is 44.0 Å². The molecule has 0 bridgehead atoms. The summed E-state index contributed by atoms with van der Waals surface area (Å²) >= 11 is 0. The first-order valence-electron chi connectivity index (χ1n) is 19.5. The summed E-state index contributed by atoms with van der Waals surface area (Å²) in [4.78, 5) is 75.6. The number of nitrogens with zero attached hydrogens (tertiary/aromatic N) is 4. The van der Waals surface area contributed by atoms with Crippen LogP contribution in [-0.2, 0) is 49.5 Å². The summed E-state index contributed by atoms with van der Waals surface area (Å²) in [6.45, 7) is -1.43. The van der Waals surface area contributed by atoms with Gasteiger partial charge >= 0.3 is 0 Å². The van der Waals surface area contributed by atoms with Crippen molar-refractivity contribution in [3.8, 4) is 0 Å². The minimum Gasteiger partial charge on any atom is -0.394 e. The number of hydrogen-bond acceptors (Lipinski definition) is 19. The highest BCUT2D eigenvalue weighted by molar-refractivity contribution is 5.92. The number of aromatic nitrogens is 4. The lowest BCUT2D eigenvalue weighted by molar-refractivity contribution is -0.279. The number of primary amides is 1. The number of nitrogens with two attached hydrogens (primary N) is 1. The number of amides is 5. The highest BCUT2D eigenvalue weighted by Gasteiger charge is 2.47. The average Bonchev–Trinajstić information content (AvgIpc) is 3.81. The molecule has 11 atom stereocenters. The van der Waals surface area contributed by atoms with E-state index in [4.69, 9.17) is 24.7 Å². The van der Waals surface area contributed by atoms with Gasteiger partial charge in [-0.15, -0.1) is 0 Å². The van der Waals surface area contributed by atoms with Gasteiger partial charge in [-0.3, -0.25) is 28.5 Å². The zero-order valence-corrected chi connectivity index (χ0v) is 33.5. The van der Waals surface area contributed by atoms with Gasteiger partial charge < -0.3 is 81.9 Å². The highest BCUT2D eigenvalue weighted by atomic mass is 16.7. The Morgan fingerprint density at radius 3 is 2.26 bits per heavy atom. The van der Waals surface area contributed by atoms with Crippen molar-refractivity contribution in [1.82, 2.24) is 40.8 Å². The van der Waals surface area contributed by atoms with Crippen molar-refractivity contribution in [1.29, 1.82) is 0 Å². The first-order chi connectivity index (χ1) is 29.8. The maximum Gasteiger partial charge on any atom is 0.246 e. The molecule has 25 nitrogen and oxygen atoms in total. The van der Waals surface area contributed by atoms with Gasteiger partial charge in [0.2, 0.25) is 29.5 Å². The van der Waals surface area contributed by atoms with E-state index in [1.807, 2.05) is 6.07 Å². The number of aliphatic hydroxyl groups excluding tert-OH is 6. The normalized spacial score (nSPS) is 25.7. The Hall–Kier alpha value is -5.48. The Kier molecular flexibility index (Phi) is 17.3. The Balaban J connectivity index is 1.08. The molecule has 2 fully saturated rings. The molecule has 62 heavy (non-hydrogen) atoms. The molecule has 5 amide bonds. The van der Waals surface area contributed by atoms with Crippen molar-refractivity contribution in [2.24, 2.45) is 5.73 Å². The van der Waals surface area contributed by atoms with E-state index in [1.165, 1.54) is 24.1 Å². The molecule has 0 saturated carbocycles. The number of rotatable bonds is 22. The van der Waals surface area contributed by atoms with Crippen LogP contribution in [0.3, 0.4) is 0 Å². The van der Waals surface area contributed by atoms with E-state index >= 15 is 0 Å². The molecule has 3 aromatic rings. The van der Waals surface area contributed by atoms with Crippen LogP contribution in [0.5, 0.6) is 0 Å². The smallest absolute Gasteiger partial charge is 0.246 e. The first-order valence-corrected chi connectivity index (χ1v) is 19.5. The second-order valence-corrected chi connectivity index (χ2v) is 14.4. The van der Waals surface area contributed by atoms with Crippen molar-refractivity contribution >= 4 is 46.5 Å². The minimum atomic E-state index is -1.61. The van der Waals surface area contributed by atoms with E-state index in [0.29, 0.717) is 5.52 Å². The van der Waals surface area contributed by atoms with Crippen molar-refractivity contribution in [2.45, 2.75) is 93.6 Å². The molecule has 2 aromatic heterocycles. The van der Waals surface area contributed by atoms with Crippen LogP contribution in [0.2, 0.25) is 0 Å². The predicted octanol–water partition coefficient (Wildman–Crippen LogP) is -5.62. The monoisotopic (exact) mass is 876 g/mol. The predicted molar refractivity (Wildman–Crippen MR) is 210 cm³/mol. The maximum atomic E-state index is 13.0. The second kappa shape index (κ2) is 22.6. The standard InChI is InChI=1S/C37H52N10O15/c1-18(51)44-26-31(29(55)23(13-50)62-37(26)60-14-19-5-3-2-4-6-19)59-15-25(53)45-21(11-48)35(58)46-20(32(38)57)7-8-24(52)39-9-10-40-33-27-34(42-16-41-33)47(17-43-27)36-30(56)28(54)22(12-49)61-36/h2-6,16-17,20-23,26,28-31,36-37,48-50,54-56H,7-15H2,1H3,(H2,38,57)(H,39,52)(H,44,51)(H,45,53)(H,46,58)(H,40,41,42)/t20-,21-,22-,23-,26-,28-,29-,30-,31-,36-,37+/m1/s1. The van der Waals surface area contributed by atoms with Crippen LogP contribution in [-0.4, -0.2) is 180 Å². The summed E-state index contributed by atoms with van der Waals surface area (Å²) in [7, 11) is 0. The quantitative estimate of drug-likeness (QED) is 0.0419. The molecule has 2 saturated heterocycles. The molecule has 13 N–H and O–H groups in total. The third-order valence-electron chi connectivity index (χ3n) is 9.93. The molecular formula is C37H52N10O15. The number of carbonyl (C=O) groups is 5. The van der Waals surface area contributed by atoms with Gasteiger partial charge in [0.05, 0.1) is 32.8 Å². The molecule has 5 rings (SSSR count). The number of fused-ring (bicyclic) bond motifs is 1. The number of aliphatic hydroxyl groups is 6. The summed E-state index contributed by atoms with van der Waals surface area (Å²) in [6, 6.07) is 4.82. The summed E-state index contributed by atoms with van der Waals surface area (Å²) < 4.78 is 24.2. The van der Waals surface area contributed by atoms with Crippen molar-refractivity contribution in [3.05, 3.63) is 48.5 Å². The highest BCUT2D eigenvalue weighted by Crippen LogP contribution is 2.32. The van der Waals surface area contributed by atoms with Crippen LogP contribution in [0, 0.1) is 0 Å². The van der Waals surface area contributed by atoms with E-state index in [0.717, 1.165) is 5.56 Å². The number of carbonyl (C=O) groups excluding carboxylic acids is 5. The van der Waals surface area contributed by atoms with Crippen LogP contribution in [0.15, 0.2) is 43.0 Å². The summed E-state index contributed by atoms with van der Waals surface area (Å²) in [5.41, 5.74) is 6.79. The number of hydrogen-bond donors (Lipinski definition) is 12. The lowest BCUT2D eigenvalue weighted by atomic mass is 9.96. The lowest BCUT2D eigenvalue weighted by Gasteiger charge is -2.44. The van der Waals surface area contributed by atoms with Crippen LogP contribution in [0.1, 0.15) is 31.6 Å². The summed E-state index contributed by atoms with van der Waals surface area (Å²) in [5.74, 6) is -3.72. The van der Waals surface area contributed by atoms with Gasteiger partial charge in [0, 0.05) is 26.4 Å². The number of benzene rings is 1. The molecule has 0 radical (unpaired) electrons. The molecule has 4 heterocycles. The number of nitrogens with one attached hydrogen (secondary N) is 5.